The van der Waals surface area contributed by atoms with Crippen molar-refractivity contribution >= 4 is 15.9 Å². The fourth-order valence-electron chi connectivity index (χ4n) is 1.81. The van der Waals surface area contributed by atoms with Crippen LogP contribution in [0, 0.1) is 5.41 Å². The summed E-state index contributed by atoms with van der Waals surface area (Å²) in [5.41, 5.74) is -0.0705. The quantitative estimate of drug-likeness (QED) is 0.809. The lowest BCUT2D eigenvalue weighted by molar-refractivity contribution is -0.135. The van der Waals surface area contributed by atoms with Crippen molar-refractivity contribution in [3.05, 3.63) is 16.9 Å². The number of aliphatic hydroxyl groups is 1. The van der Waals surface area contributed by atoms with Gasteiger partial charge in [-0.1, -0.05) is 0 Å². The number of hydrogen-bond acceptors (Lipinski definition) is 4. The third-order valence-electron chi connectivity index (χ3n) is 3.04. The predicted molar refractivity (Wildman–Crippen MR) is 67.7 cm³/mol. The Morgan fingerprint density at radius 2 is 2.47 bits per heavy atom. The Kier molecular flexibility index (Phi) is 4.19. The van der Waals surface area contributed by atoms with E-state index in [1.165, 1.54) is 0 Å². The Balaban J connectivity index is 1.75. The number of aliphatic hydroxyl groups excluding tert-OH is 1. The summed E-state index contributed by atoms with van der Waals surface area (Å²) < 4.78 is 8.04. The Morgan fingerprint density at radius 1 is 1.71 bits per heavy atom. The van der Waals surface area contributed by atoms with E-state index in [9.17, 15) is 5.11 Å². The van der Waals surface area contributed by atoms with Crippen molar-refractivity contribution in [3.63, 3.8) is 0 Å². The van der Waals surface area contributed by atoms with E-state index < -0.39 is 0 Å². The van der Waals surface area contributed by atoms with E-state index in [0.29, 0.717) is 19.3 Å². The number of nitrogens with zero attached hydrogens (tertiary/aromatic N) is 2. The molecule has 0 aromatic carbocycles. The molecule has 96 valence electrons. The number of rotatable bonds is 6. The van der Waals surface area contributed by atoms with E-state index >= 15 is 0 Å². The SMILES string of the molecule is CC(Cn1cc(Br)cn1)NCC1(CO)COC1. The lowest BCUT2D eigenvalue weighted by Gasteiger charge is -2.40. The van der Waals surface area contributed by atoms with Crippen LogP contribution in [0.3, 0.4) is 0 Å². The lowest BCUT2D eigenvalue weighted by Crippen LogP contribution is -2.54. The number of nitrogens with one attached hydrogen (secondary N) is 1. The maximum absolute atomic E-state index is 9.30. The third-order valence-corrected chi connectivity index (χ3v) is 3.45. The monoisotopic (exact) mass is 303 g/mol. The Hall–Kier alpha value is -0.430. The van der Waals surface area contributed by atoms with Gasteiger partial charge in [-0.3, -0.25) is 4.68 Å². The van der Waals surface area contributed by atoms with Crippen LogP contribution < -0.4 is 5.32 Å². The molecule has 1 aromatic heterocycles. The summed E-state index contributed by atoms with van der Waals surface area (Å²) in [6.07, 6.45) is 3.73. The Morgan fingerprint density at radius 3 is 2.94 bits per heavy atom. The van der Waals surface area contributed by atoms with Gasteiger partial charge in [0.15, 0.2) is 0 Å². The molecule has 6 heteroatoms. The summed E-state index contributed by atoms with van der Waals surface area (Å²) in [5.74, 6) is 0. The topological polar surface area (TPSA) is 59.3 Å². The van der Waals surface area contributed by atoms with Crippen molar-refractivity contribution in [2.75, 3.05) is 26.4 Å². The predicted octanol–water partition coefficient (Wildman–Crippen LogP) is 0.633. The molecule has 0 spiro atoms. The molecule has 0 saturated carbocycles. The summed E-state index contributed by atoms with van der Waals surface area (Å²) in [6, 6.07) is 0.311. The van der Waals surface area contributed by atoms with Crippen molar-refractivity contribution < 1.29 is 9.84 Å². The van der Waals surface area contributed by atoms with Crippen LogP contribution >= 0.6 is 15.9 Å². The minimum Gasteiger partial charge on any atom is -0.396 e. The zero-order valence-corrected chi connectivity index (χ0v) is 11.5. The first-order chi connectivity index (χ1) is 8.13. The van der Waals surface area contributed by atoms with Crippen LogP contribution in [-0.2, 0) is 11.3 Å². The highest BCUT2D eigenvalue weighted by molar-refractivity contribution is 9.10. The summed E-state index contributed by atoms with van der Waals surface area (Å²) in [5, 5.41) is 16.9. The molecule has 0 radical (unpaired) electrons. The van der Waals surface area contributed by atoms with E-state index in [-0.39, 0.29) is 12.0 Å². The molecule has 1 aliphatic heterocycles. The fraction of sp³-hybridized carbons (Fsp3) is 0.727. The van der Waals surface area contributed by atoms with Gasteiger partial charge >= 0.3 is 0 Å². The van der Waals surface area contributed by atoms with E-state index in [2.05, 4.69) is 33.3 Å². The second-order valence-corrected chi connectivity index (χ2v) is 5.73. The van der Waals surface area contributed by atoms with E-state index in [0.717, 1.165) is 17.6 Å². The zero-order valence-electron chi connectivity index (χ0n) is 9.90. The average molecular weight is 304 g/mol. The smallest absolute Gasteiger partial charge is 0.0632 e. The van der Waals surface area contributed by atoms with E-state index in [1.54, 1.807) is 6.20 Å². The van der Waals surface area contributed by atoms with Crippen LogP contribution in [0.15, 0.2) is 16.9 Å². The van der Waals surface area contributed by atoms with Gasteiger partial charge in [0.25, 0.3) is 0 Å². The second-order valence-electron chi connectivity index (χ2n) is 4.81. The van der Waals surface area contributed by atoms with E-state index in [1.807, 2.05) is 10.9 Å². The number of halogens is 1. The third kappa shape index (κ3) is 3.28. The largest absolute Gasteiger partial charge is 0.396 e. The van der Waals surface area contributed by atoms with E-state index in [4.69, 9.17) is 4.74 Å². The van der Waals surface area contributed by atoms with Gasteiger partial charge in [0.2, 0.25) is 0 Å². The molecule has 2 N–H and O–H groups in total. The molecule has 1 fully saturated rings. The minimum absolute atomic E-state index is 0.0705. The highest BCUT2D eigenvalue weighted by atomic mass is 79.9. The highest BCUT2D eigenvalue weighted by Crippen LogP contribution is 2.25. The van der Waals surface area contributed by atoms with Crippen molar-refractivity contribution in [1.82, 2.24) is 15.1 Å². The molecule has 1 atom stereocenters. The first-order valence-corrected chi connectivity index (χ1v) is 6.53. The van der Waals surface area contributed by atoms with Crippen molar-refractivity contribution in [3.8, 4) is 0 Å². The first kappa shape index (κ1) is 13.0. The molecular formula is C11H18BrN3O2. The second kappa shape index (κ2) is 5.48. The first-order valence-electron chi connectivity index (χ1n) is 5.73. The van der Waals surface area contributed by atoms with Crippen LogP contribution in [0.1, 0.15) is 6.92 Å². The van der Waals surface area contributed by atoms with Gasteiger partial charge in [0.05, 0.1) is 42.4 Å². The molecule has 1 unspecified atom stereocenters. The summed E-state index contributed by atoms with van der Waals surface area (Å²) in [7, 11) is 0. The highest BCUT2D eigenvalue weighted by Gasteiger charge is 2.37. The number of aromatic nitrogens is 2. The van der Waals surface area contributed by atoms with Crippen LogP contribution in [0.4, 0.5) is 0 Å². The number of hydrogen-bond donors (Lipinski definition) is 2. The molecule has 1 aliphatic rings. The van der Waals surface area contributed by atoms with Gasteiger partial charge in [0.1, 0.15) is 0 Å². The molecule has 0 amide bonds. The average Bonchev–Trinajstić information content (AvgIpc) is 2.63. The van der Waals surface area contributed by atoms with Gasteiger partial charge in [-0.2, -0.15) is 5.10 Å². The summed E-state index contributed by atoms with van der Waals surface area (Å²) in [6.45, 7) is 5.19. The summed E-state index contributed by atoms with van der Waals surface area (Å²) in [4.78, 5) is 0. The molecule has 2 heterocycles. The fourth-order valence-corrected chi connectivity index (χ4v) is 2.14. The van der Waals surface area contributed by atoms with Crippen molar-refractivity contribution in [1.29, 1.82) is 0 Å². The molecule has 17 heavy (non-hydrogen) atoms. The van der Waals surface area contributed by atoms with Crippen molar-refractivity contribution in [2.24, 2.45) is 5.41 Å². The minimum atomic E-state index is -0.0705. The molecule has 0 bridgehead atoms. The Bertz CT molecular complexity index is 360. The number of ether oxygens (including phenoxy) is 1. The lowest BCUT2D eigenvalue weighted by atomic mass is 9.87. The van der Waals surface area contributed by atoms with Crippen LogP contribution in [0.25, 0.3) is 0 Å². The maximum Gasteiger partial charge on any atom is 0.0632 e. The summed E-state index contributed by atoms with van der Waals surface area (Å²) >= 11 is 3.37. The molecule has 2 rings (SSSR count). The van der Waals surface area contributed by atoms with Crippen LogP contribution in [-0.4, -0.2) is 47.3 Å². The molecular weight excluding hydrogens is 286 g/mol. The molecule has 1 saturated heterocycles. The van der Waals surface area contributed by atoms with Crippen LogP contribution in [0.2, 0.25) is 0 Å². The van der Waals surface area contributed by atoms with Crippen molar-refractivity contribution in [2.45, 2.75) is 19.5 Å². The van der Waals surface area contributed by atoms with Gasteiger partial charge in [-0.15, -0.1) is 0 Å². The molecule has 1 aromatic rings. The molecule has 0 aliphatic carbocycles. The van der Waals surface area contributed by atoms with Gasteiger partial charge in [0, 0.05) is 18.8 Å². The van der Waals surface area contributed by atoms with Gasteiger partial charge in [-0.25, -0.2) is 0 Å². The maximum atomic E-state index is 9.30. The van der Waals surface area contributed by atoms with Gasteiger partial charge in [-0.05, 0) is 22.9 Å². The van der Waals surface area contributed by atoms with Gasteiger partial charge < -0.3 is 15.2 Å². The zero-order chi connectivity index (χ0) is 12.3. The normalized spacial score (nSPS) is 19.9. The van der Waals surface area contributed by atoms with Crippen LogP contribution in [0.5, 0.6) is 0 Å². The standard InChI is InChI=1S/C11H18BrN3O2/c1-9(3-15-4-10(12)2-14-15)13-5-11(6-16)7-17-8-11/h2,4,9,13,16H,3,5-8H2,1H3. The molecule has 5 nitrogen and oxygen atoms in total. The Labute approximate surface area is 109 Å².